The van der Waals surface area contributed by atoms with Crippen molar-refractivity contribution in [3.8, 4) is 11.4 Å². The van der Waals surface area contributed by atoms with Gasteiger partial charge in [-0.2, -0.15) is 4.98 Å². The maximum absolute atomic E-state index is 13.5. The van der Waals surface area contributed by atoms with Crippen molar-refractivity contribution in [3.05, 3.63) is 72.6 Å². The Kier molecular flexibility index (Phi) is 3.97. The molecule has 0 fully saturated rings. The molecule has 4 heterocycles. The third-order valence-corrected chi connectivity index (χ3v) is 4.65. The second-order valence-electron chi connectivity index (χ2n) is 6.46. The fourth-order valence-corrected chi connectivity index (χ4v) is 3.31. The molecule has 5 aromatic rings. The quantitative estimate of drug-likeness (QED) is 0.472. The number of benzene rings is 1. The van der Waals surface area contributed by atoms with E-state index in [2.05, 4.69) is 37.4 Å². The topological polar surface area (TPSA) is 79.6 Å². The third kappa shape index (κ3) is 2.96. The van der Waals surface area contributed by atoms with Gasteiger partial charge in [0.25, 0.3) is 0 Å². The van der Waals surface area contributed by atoms with Crippen molar-refractivity contribution in [2.45, 2.75) is 6.42 Å². The lowest BCUT2D eigenvalue weighted by atomic mass is 10.1. The number of fused-ring (bicyclic) bond motifs is 2. The van der Waals surface area contributed by atoms with Crippen LogP contribution < -0.4 is 5.32 Å². The molecule has 0 radical (unpaired) electrons. The number of aromatic amines is 1. The highest BCUT2D eigenvalue weighted by Gasteiger charge is 2.13. The van der Waals surface area contributed by atoms with Crippen molar-refractivity contribution in [2.24, 2.45) is 0 Å². The summed E-state index contributed by atoms with van der Waals surface area (Å²) in [5, 5.41) is 5.36. The highest BCUT2D eigenvalue weighted by atomic mass is 19.1. The van der Waals surface area contributed by atoms with Gasteiger partial charge < -0.3 is 14.7 Å². The van der Waals surface area contributed by atoms with Crippen molar-refractivity contribution in [1.29, 1.82) is 0 Å². The number of nitrogens with zero attached hydrogens (tertiary/aromatic N) is 3. The van der Waals surface area contributed by atoms with Crippen molar-refractivity contribution in [1.82, 2.24) is 19.9 Å². The number of pyridine rings is 1. The number of halogens is 1. The Bertz CT molecular complexity index is 1280. The van der Waals surface area contributed by atoms with E-state index in [-0.39, 0.29) is 0 Å². The summed E-state index contributed by atoms with van der Waals surface area (Å²) < 4.78 is 19.0. The minimum Gasteiger partial charge on any atom is -0.446 e. The van der Waals surface area contributed by atoms with Crippen molar-refractivity contribution in [3.63, 3.8) is 0 Å². The van der Waals surface area contributed by atoms with Crippen molar-refractivity contribution >= 4 is 27.8 Å². The Balaban J connectivity index is 1.43. The molecule has 138 valence electrons. The zero-order valence-electron chi connectivity index (χ0n) is 14.8. The Morgan fingerprint density at radius 2 is 2.00 bits per heavy atom. The molecule has 0 aliphatic carbocycles. The highest BCUT2D eigenvalue weighted by Crippen LogP contribution is 2.26. The average Bonchev–Trinajstić information content (AvgIpc) is 3.35. The largest absolute Gasteiger partial charge is 0.446 e. The molecule has 6 nitrogen and oxygen atoms in total. The van der Waals surface area contributed by atoms with Gasteiger partial charge in [-0.05, 0) is 30.2 Å². The minimum atomic E-state index is -0.436. The lowest BCUT2D eigenvalue weighted by molar-refractivity contribution is 0.602. The highest BCUT2D eigenvalue weighted by molar-refractivity contribution is 5.87. The smallest absolute Gasteiger partial charge is 0.231 e. The minimum absolute atomic E-state index is 0.365. The summed E-state index contributed by atoms with van der Waals surface area (Å²) in [4.78, 5) is 16.1. The number of H-pyrrole nitrogens is 1. The molecule has 7 heteroatoms. The zero-order chi connectivity index (χ0) is 18.9. The summed E-state index contributed by atoms with van der Waals surface area (Å²) in [6.07, 6.45) is 7.10. The fraction of sp³-hybridized carbons (Fsp3) is 0.0952. The molecule has 0 aliphatic rings. The standard InChI is InChI=1S/C21H16FN5O/c22-15-9-14(10-23-12-15)19-26-20(17-6-8-28-21(17)27-19)24-7-5-13-11-25-18-4-2-1-3-16(13)18/h1-4,6,8-12,25H,5,7H2,(H,24,26,27). The Hall–Kier alpha value is -3.74. The molecule has 0 saturated carbocycles. The molecule has 0 spiro atoms. The second kappa shape index (κ2) is 6.77. The average molecular weight is 373 g/mol. The number of furan rings is 1. The number of para-hydroxylation sites is 1. The van der Waals surface area contributed by atoms with Gasteiger partial charge in [-0.25, -0.2) is 9.37 Å². The first kappa shape index (κ1) is 16.4. The molecule has 0 aliphatic heterocycles. The summed E-state index contributed by atoms with van der Waals surface area (Å²) in [5.41, 5.74) is 3.30. The molecule has 2 N–H and O–H groups in total. The molecule has 0 unspecified atom stereocenters. The maximum atomic E-state index is 13.5. The molecule has 5 rings (SSSR count). The van der Waals surface area contributed by atoms with E-state index in [1.807, 2.05) is 24.4 Å². The van der Waals surface area contributed by atoms with Crippen LogP contribution in [-0.2, 0) is 6.42 Å². The normalized spacial score (nSPS) is 11.3. The van der Waals surface area contributed by atoms with Gasteiger partial charge in [-0.1, -0.05) is 18.2 Å². The van der Waals surface area contributed by atoms with Crippen LogP contribution in [0.15, 0.2) is 65.7 Å². The first-order chi connectivity index (χ1) is 13.8. The van der Waals surface area contributed by atoms with E-state index >= 15 is 0 Å². The molecule has 4 aromatic heterocycles. The van der Waals surface area contributed by atoms with E-state index in [0.717, 1.165) is 23.5 Å². The van der Waals surface area contributed by atoms with Crippen LogP contribution in [0, 0.1) is 5.82 Å². The van der Waals surface area contributed by atoms with Crippen molar-refractivity contribution < 1.29 is 8.81 Å². The van der Waals surface area contributed by atoms with Gasteiger partial charge in [0.2, 0.25) is 5.71 Å². The molecule has 1 aromatic carbocycles. The van der Waals surface area contributed by atoms with E-state index in [1.54, 1.807) is 6.26 Å². The molecular weight excluding hydrogens is 357 g/mol. The van der Waals surface area contributed by atoms with Gasteiger partial charge in [-0.3, -0.25) is 4.98 Å². The lowest BCUT2D eigenvalue weighted by Crippen LogP contribution is -2.07. The lowest BCUT2D eigenvalue weighted by Gasteiger charge is -2.08. The predicted octanol–water partition coefficient (Wildman–Crippen LogP) is 4.56. The van der Waals surface area contributed by atoms with E-state index < -0.39 is 5.82 Å². The van der Waals surface area contributed by atoms with Crippen LogP contribution in [0.5, 0.6) is 0 Å². The maximum Gasteiger partial charge on any atom is 0.231 e. The summed E-state index contributed by atoms with van der Waals surface area (Å²) in [7, 11) is 0. The van der Waals surface area contributed by atoms with Gasteiger partial charge in [-0.15, -0.1) is 0 Å². The van der Waals surface area contributed by atoms with E-state index in [1.165, 1.54) is 23.2 Å². The Morgan fingerprint density at radius 1 is 1.07 bits per heavy atom. The number of rotatable bonds is 5. The van der Waals surface area contributed by atoms with E-state index in [4.69, 9.17) is 4.42 Å². The number of aromatic nitrogens is 4. The molecule has 0 saturated heterocycles. The molecule has 0 amide bonds. The van der Waals surface area contributed by atoms with Crippen molar-refractivity contribution in [2.75, 3.05) is 11.9 Å². The van der Waals surface area contributed by atoms with Crippen LogP contribution in [0.25, 0.3) is 33.4 Å². The molecule has 28 heavy (non-hydrogen) atoms. The number of hydrogen-bond acceptors (Lipinski definition) is 5. The van der Waals surface area contributed by atoms with Crippen LogP contribution >= 0.6 is 0 Å². The second-order valence-corrected chi connectivity index (χ2v) is 6.46. The van der Waals surface area contributed by atoms with Crippen LogP contribution in [0.3, 0.4) is 0 Å². The van der Waals surface area contributed by atoms with Gasteiger partial charge >= 0.3 is 0 Å². The van der Waals surface area contributed by atoms with Gasteiger partial charge in [0.15, 0.2) is 5.82 Å². The fourth-order valence-electron chi connectivity index (χ4n) is 3.31. The molecule has 0 bridgehead atoms. The van der Waals surface area contributed by atoms with Gasteiger partial charge in [0.05, 0.1) is 17.8 Å². The summed E-state index contributed by atoms with van der Waals surface area (Å²) in [6, 6.07) is 11.4. The summed E-state index contributed by atoms with van der Waals surface area (Å²) >= 11 is 0. The van der Waals surface area contributed by atoms with Gasteiger partial charge in [0, 0.05) is 35.4 Å². The molecule has 0 atom stereocenters. The Morgan fingerprint density at radius 3 is 2.93 bits per heavy atom. The van der Waals surface area contributed by atoms with E-state index in [0.29, 0.717) is 29.5 Å². The van der Waals surface area contributed by atoms with Crippen LogP contribution in [-0.4, -0.2) is 26.5 Å². The number of nitrogens with one attached hydrogen (secondary N) is 2. The SMILES string of the molecule is Fc1cncc(-c2nc(NCCc3c[nH]c4ccccc34)c3ccoc3n2)c1. The monoisotopic (exact) mass is 373 g/mol. The Labute approximate surface area is 159 Å². The summed E-state index contributed by atoms with van der Waals surface area (Å²) in [5.74, 6) is 0.580. The van der Waals surface area contributed by atoms with E-state index in [9.17, 15) is 4.39 Å². The third-order valence-electron chi connectivity index (χ3n) is 4.65. The molecular formula is C21H16FN5O. The van der Waals surface area contributed by atoms with Crippen LogP contribution in [0.2, 0.25) is 0 Å². The van der Waals surface area contributed by atoms with Crippen LogP contribution in [0.1, 0.15) is 5.56 Å². The van der Waals surface area contributed by atoms with Crippen LogP contribution in [0.4, 0.5) is 10.2 Å². The first-order valence-corrected chi connectivity index (χ1v) is 8.93. The zero-order valence-corrected chi connectivity index (χ0v) is 14.8. The first-order valence-electron chi connectivity index (χ1n) is 8.93. The summed E-state index contributed by atoms with van der Waals surface area (Å²) in [6.45, 7) is 0.681. The number of hydrogen-bond donors (Lipinski definition) is 2. The number of anilines is 1. The van der Waals surface area contributed by atoms with Gasteiger partial charge in [0.1, 0.15) is 11.6 Å². The predicted molar refractivity (Wildman–Crippen MR) is 105 cm³/mol.